The van der Waals surface area contributed by atoms with E-state index in [2.05, 4.69) is 27.4 Å². The van der Waals surface area contributed by atoms with Gasteiger partial charge in [-0.2, -0.15) is 0 Å². The van der Waals surface area contributed by atoms with E-state index in [0.29, 0.717) is 16.8 Å². The Hall–Kier alpha value is -3.68. The Labute approximate surface area is 179 Å². The summed E-state index contributed by atoms with van der Waals surface area (Å²) in [7, 11) is 0. The van der Waals surface area contributed by atoms with Crippen molar-refractivity contribution < 1.29 is 24.2 Å². The van der Waals surface area contributed by atoms with Crippen molar-refractivity contribution in [3.05, 3.63) is 59.7 Å². The molecule has 0 aliphatic carbocycles. The first-order valence-corrected chi connectivity index (χ1v) is 9.97. The number of fused-ring (bicyclic) bond motifs is 4. The van der Waals surface area contributed by atoms with Gasteiger partial charge in [-0.3, -0.25) is 0 Å². The summed E-state index contributed by atoms with van der Waals surface area (Å²) in [5, 5.41) is 10.4. The summed E-state index contributed by atoms with van der Waals surface area (Å²) in [6.45, 7) is 11.3. The van der Waals surface area contributed by atoms with E-state index in [4.69, 9.17) is 9.47 Å². The second-order valence-electron chi connectivity index (χ2n) is 8.58. The highest BCUT2D eigenvalue weighted by Crippen LogP contribution is 2.34. The predicted molar refractivity (Wildman–Crippen MR) is 115 cm³/mol. The Balaban J connectivity index is 1.51. The van der Waals surface area contributed by atoms with Crippen LogP contribution in [-0.2, 0) is 19.7 Å². The SMILES string of the molecule is C=C(C)C(=O)OCCOC(=O)c1ccc2c(c1)n1n(-c3cc(C(C)(C)C)ccc3O)n21. The quantitative estimate of drug-likeness (QED) is 0.290. The van der Waals surface area contributed by atoms with Crippen LogP contribution in [0.1, 0.15) is 43.6 Å². The Morgan fingerprint density at radius 1 is 1.00 bits per heavy atom. The third kappa shape index (κ3) is 3.65. The maximum Gasteiger partial charge on any atom is 0.338 e. The lowest BCUT2D eigenvalue weighted by Gasteiger charge is -2.19. The highest BCUT2D eigenvalue weighted by molar-refractivity contribution is 5.94. The summed E-state index contributed by atoms with van der Waals surface area (Å²) < 4.78 is 13.9. The maximum absolute atomic E-state index is 12.3. The van der Waals surface area contributed by atoms with Gasteiger partial charge in [0.25, 0.3) is 0 Å². The number of phenolic OH excluding ortho intramolecular Hbond substituents is 1. The minimum Gasteiger partial charge on any atom is -0.506 e. The summed E-state index contributed by atoms with van der Waals surface area (Å²) in [5.74, 6) is -0.839. The van der Waals surface area contributed by atoms with Crippen LogP contribution in [0.25, 0.3) is 16.7 Å². The van der Waals surface area contributed by atoms with Gasteiger partial charge in [-0.1, -0.05) is 33.4 Å². The fourth-order valence-corrected chi connectivity index (χ4v) is 3.30. The highest BCUT2D eigenvalue weighted by atomic mass is 16.6. The van der Waals surface area contributed by atoms with Gasteiger partial charge in [0.1, 0.15) is 35.7 Å². The van der Waals surface area contributed by atoms with Gasteiger partial charge in [0, 0.05) is 5.57 Å². The van der Waals surface area contributed by atoms with Gasteiger partial charge in [-0.15, -0.1) is 14.1 Å². The molecule has 8 nitrogen and oxygen atoms in total. The summed E-state index contributed by atoms with van der Waals surface area (Å²) in [4.78, 5) is 25.5. The number of benzene rings is 2. The molecule has 2 heterocycles. The molecule has 2 aromatic heterocycles. The number of ether oxygens (including phenoxy) is 2. The van der Waals surface area contributed by atoms with Crippen LogP contribution in [0.3, 0.4) is 0 Å². The van der Waals surface area contributed by atoms with Gasteiger partial charge in [-0.05, 0) is 48.2 Å². The molecule has 0 fully saturated rings. The number of carbonyl (C=O) groups excluding carboxylic acids is 2. The molecule has 0 amide bonds. The van der Waals surface area contributed by atoms with Gasteiger partial charge in [-0.25, -0.2) is 9.59 Å². The molecule has 4 aromatic rings. The second-order valence-corrected chi connectivity index (χ2v) is 8.58. The molecule has 0 aliphatic rings. The van der Waals surface area contributed by atoms with Crippen molar-refractivity contribution in [2.75, 3.05) is 13.2 Å². The highest BCUT2D eigenvalue weighted by Gasteiger charge is 2.28. The molecule has 8 heteroatoms. The molecule has 1 N–H and O–H groups in total. The average Bonchev–Trinajstić information content (AvgIpc) is 3.36. The fraction of sp³-hybridized carbons (Fsp3) is 0.304. The number of aromatic nitrogens is 3. The number of rotatable bonds is 6. The maximum atomic E-state index is 12.3. The normalized spacial score (nSPS) is 12.0. The number of nitrogens with zero attached hydrogens (tertiary/aromatic N) is 3. The monoisotopic (exact) mass is 423 g/mol. The van der Waals surface area contributed by atoms with E-state index in [1.54, 1.807) is 25.1 Å². The van der Waals surface area contributed by atoms with Crippen molar-refractivity contribution in [3.63, 3.8) is 0 Å². The van der Waals surface area contributed by atoms with E-state index in [1.165, 1.54) is 0 Å². The van der Waals surface area contributed by atoms with Crippen LogP contribution >= 0.6 is 0 Å². The van der Waals surface area contributed by atoms with Crippen LogP contribution in [0.4, 0.5) is 0 Å². The number of esters is 2. The lowest BCUT2D eigenvalue weighted by Crippen LogP contribution is -2.14. The first-order valence-electron chi connectivity index (χ1n) is 9.97. The Kier molecular flexibility index (Phi) is 4.80. The van der Waals surface area contributed by atoms with Crippen LogP contribution in [-0.4, -0.2) is 44.3 Å². The van der Waals surface area contributed by atoms with Crippen molar-refractivity contribution >= 4 is 23.0 Å². The van der Waals surface area contributed by atoms with Gasteiger partial charge in [0.15, 0.2) is 0 Å². The van der Waals surface area contributed by atoms with Crippen molar-refractivity contribution in [2.24, 2.45) is 0 Å². The number of carbonyl (C=O) groups is 2. The zero-order valence-electron chi connectivity index (χ0n) is 18.0. The van der Waals surface area contributed by atoms with Crippen molar-refractivity contribution in [1.29, 1.82) is 0 Å². The summed E-state index contributed by atoms with van der Waals surface area (Å²) in [5.41, 5.74) is 4.17. The lowest BCUT2D eigenvalue weighted by atomic mass is 9.87. The molecule has 0 unspecified atom stereocenters. The summed E-state index contributed by atoms with van der Waals surface area (Å²) in [6, 6.07) is 10.8. The van der Waals surface area contributed by atoms with Crippen LogP contribution < -0.4 is 0 Å². The molecule has 0 saturated carbocycles. The Morgan fingerprint density at radius 3 is 2.35 bits per heavy atom. The zero-order valence-corrected chi connectivity index (χ0v) is 18.0. The molecule has 0 atom stereocenters. The summed E-state index contributed by atoms with van der Waals surface area (Å²) in [6.07, 6.45) is 0. The number of hydrogen-bond donors (Lipinski definition) is 1. The molecule has 162 valence electrons. The summed E-state index contributed by atoms with van der Waals surface area (Å²) >= 11 is 0. The van der Waals surface area contributed by atoms with Gasteiger partial charge in [0.2, 0.25) is 0 Å². The minimum absolute atomic E-state index is 0.0283. The molecule has 31 heavy (non-hydrogen) atoms. The van der Waals surface area contributed by atoms with Crippen LogP contribution in [0, 0.1) is 0 Å². The predicted octanol–water partition coefficient (Wildman–Crippen LogP) is 3.70. The molecule has 0 radical (unpaired) electrons. The van der Waals surface area contributed by atoms with Crippen molar-refractivity contribution in [2.45, 2.75) is 33.1 Å². The molecule has 0 spiro atoms. The van der Waals surface area contributed by atoms with E-state index in [9.17, 15) is 14.7 Å². The van der Waals surface area contributed by atoms with Crippen LogP contribution in [0.15, 0.2) is 48.6 Å². The number of aromatic hydroxyl groups is 1. The molecule has 0 bridgehead atoms. The van der Waals surface area contributed by atoms with E-state index in [1.807, 2.05) is 32.3 Å². The van der Waals surface area contributed by atoms with E-state index in [0.717, 1.165) is 16.6 Å². The third-order valence-corrected chi connectivity index (χ3v) is 5.10. The zero-order chi connectivity index (χ0) is 22.5. The molecule has 2 aromatic carbocycles. The van der Waals surface area contributed by atoms with E-state index >= 15 is 0 Å². The van der Waals surface area contributed by atoms with Crippen molar-refractivity contribution in [1.82, 2.24) is 14.1 Å². The molecule has 0 aliphatic heterocycles. The topological polar surface area (TPSA) is 86.6 Å². The first-order chi connectivity index (χ1) is 14.6. The average molecular weight is 423 g/mol. The minimum atomic E-state index is -0.516. The molecular weight excluding hydrogens is 398 g/mol. The van der Waals surface area contributed by atoms with Gasteiger partial charge >= 0.3 is 11.9 Å². The number of hydrogen-bond acceptors (Lipinski definition) is 5. The fourth-order valence-electron chi connectivity index (χ4n) is 3.30. The van der Waals surface area contributed by atoms with Crippen LogP contribution in [0.5, 0.6) is 5.75 Å². The van der Waals surface area contributed by atoms with E-state index in [-0.39, 0.29) is 24.4 Å². The largest absolute Gasteiger partial charge is 0.506 e. The van der Waals surface area contributed by atoms with Crippen LogP contribution in [0.2, 0.25) is 0 Å². The third-order valence-electron chi connectivity index (χ3n) is 5.10. The van der Waals surface area contributed by atoms with E-state index < -0.39 is 11.9 Å². The Morgan fingerprint density at radius 2 is 1.68 bits per heavy atom. The van der Waals surface area contributed by atoms with Crippen molar-refractivity contribution in [3.8, 4) is 11.4 Å². The molecular formula is C23H25N3O5. The van der Waals surface area contributed by atoms with Gasteiger partial charge < -0.3 is 14.6 Å². The molecule has 0 saturated heterocycles. The number of phenols is 1. The second kappa shape index (κ2) is 7.23. The van der Waals surface area contributed by atoms with Gasteiger partial charge in [0.05, 0.1) is 5.56 Å². The standard InChI is InChI=1S/C23H25N3O5/c1-14(2)21(28)30-10-11-31-22(29)15-6-8-17-18(12-15)25-24(17)26(25)19-13-16(23(3,4)5)7-9-20(19)27/h6-9,12-13,27H,1,10-11H2,2-5H3. The smallest absolute Gasteiger partial charge is 0.338 e. The Bertz CT molecular complexity index is 1300. The molecule has 4 rings (SSSR count). The first kappa shape index (κ1) is 20.6. The lowest BCUT2D eigenvalue weighted by molar-refractivity contribution is -0.140.